The zero-order chi connectivity index (χ0) is 14.9. The molecular formula is C10H15N5O5. The predicted molar refractivity (Wildman–Crippen MR) is 67.7 cm³/mol. The van der Waals surface area contributed by atoms with Crippen molar-refractivity contribution < 1.29 is 20.1 Å². The Hall–Kier alpha value is -2.01. The van der Waals surface area contributed by atoms with Crippen LogP contribution in [0.4, 0.5) is 5.95 Å². The number of ether oxygens (including phenoxy) is 1. The van der Waals surface area contributed by atoms with Gasteiger partial charge in [0.05, 0.1) is 12.9 Å². The Morgan fingerprint density at radius 2 is 2.25 bits per heavy atom. The number of aromatic nitrogens is 4. The first-order chi connectivity index (χ1) is 9.49. The second-order valence-corrected chi connectivity index (χ2v) is 4.14. The number of hydrogen-bond donors (Lipinski definition) is 5. The molecule has 2 heterocycles. The first-order valence-corrected chi connectivity index (χ1v) is 5.71. The van der Waals surface area contributed by atoms with E-state index in [9.17, 15) is 15.0 Å². The minimum absolute atomic E-state index is 0.0191. The molecule has 0 amide bonds. The number of hydrogen-bond acceptors (Lipinski definition) is 8. The lowest BCUT2D eigenvalue weighted by molar-refractivity contribution is -0.116. The van der Waals surface area contributed by atoms with Crippen molar-refractivity contribution in [1.29, 1.82) is 0 Å². The summed E-state index contributed by atoms with van der Waals surface area (Å²) in [7, 11) is 1.28. The number of nitrogens with two attached hydrogens (primary N) is 1. The van der Waals surface area contributed by atoms with E-state index in [1.807, 2.05) is 0 Å². The summed E-state index contributed by atoms with van der Waals surface area (Å²) >= 11 is 0. The van der Waals surface area contributed by atoms with E-state index in [0.29, 0.717) is 0 Å². The van der Waals surface area contributed by atoms with E-state index in [4.69, 9.17) is 15.6 Å². The van der Waals surface area contributed by atoms with Crippen LogP contribution >= 0.6 is 0 Å². The van der Waals surface area contributed by atoms with Gasteiger partial charge in [0, 0.05) is 7.11 Å². The van der Waals surface area contributed by atoms with Gasteiger partial charge >= 0.3 is 0 Å². The molecule has 3 atom stereocenters. The lowest BCUT2D eigenvalue weighted by Gasteiger charge is -2.25. The molecule has 6 N–H and O–H groups in total. The van der Waals surface area contributed by atoms with Crippen LogP contribution in [0.3, 0.4) is 0 Å². The number of fused-ring (bicyclic) bond motifs is 1. The van der Waals surface area contributed by atoms with Crippen molar-refractivity contribution in [3.63, 3.8) is 0 Å². The lowest BCUT2D eigenvalue weighted by atomic mass is 10.2. The molecular weight excluding hydrogens is 270 g/mol. The van der Waals surface area contributed by atoms with Crippen LogP contribution in [0.2, 0.25) is 0 Å². The third kappa shape index (κ3) is 2.36. The highest BCUT2D eigenvalue weighted by atomic mass is 16.5. The second kappa shape index (κ2) is 5.54. The van der Waals surface area contributed by atoms with Gasteiger partial charge in [0.15, 0.2) is 17.4 Å². The molecule has 110 valence electrons. The molecule has 2 aromatic heterocycles. The molecule has 3 unspecified atom stereocenters. The summed E-state index contributed by atoms with van der Waals surface area (Å²) < 4.78 is 5.91. The summed E-state index contributed by atoms with van der Waals surface area (Å²) in [6, 6.07) is 0. The molecule has 10 nitrogen and oxygen atoms in total. The third-order valence-corrected chi connectivity index (χ3v) is 2.90. The Bertz CT molecular complexity index is 649. The van der Waals surface area contributed by atoms with Crippen LogP contribution < -0.4 is 11.3 Å². The van der Waals surface area contributed by atoms with Gasteiger partial charge in [0.2, 0.25) is 5.95 Å². The van der Waals surface area contributed by atoms with Crippen molar-refractivity contribution in [2.75, 3.05) is 19.5 Å². The van der Waals surface area contributed by atoms with E-state index in [-0.39, 0.29) is 17.1 Å². The average Bonchev–Trinajstić information content (AvgIpc) is 2.83. The average molecular weight is 285 g/mol. The fourth-order valence-electron chi connectivity index (χ4n) is 1.82. The number of anilines is 1. The normalized spacial score (nSPS) is 16.2. The number of imidazole rings is 1. The van der Waals surface area contributed by atoms with Gasteiger partial charge in [-0.3, -0.25) is 14.3 Å². The van der Waals surface area contributed by atoms with Crippen LogP contribution in [-0.2, 0) is 4.74 Å². The SMILES string of the molecule is COC(CO)C(O)C(O)n1cnc2c(=O)[nH]c(N)nc21. The first-order valence-electron chi connectivity index (χ1n) is 5.71. The van der Waals surface area contributed by atoms with Gasteiger partial charge < -0.3 is 25.8 Å². The highest BCUT2D eigenvalue weighted by molar-refractivity contribution is 5.70. The molecule has 0 aliphatic carbocycles. The van der Waals surface area contributed by atoms with Crippen molar-refractivity contribution in [1.82, 2.24) is 19.5 Å². The zero-order valence-electron chi connectivity index (χ0n) is 10.6. The fraction of sp³-hybridized carbons (Fsp3) is 0.500. The highest BCUT2D eigenvalue weighted by Gasteiger charge is 2.28. The highest BCUT2D eigenvalue weighted by Crippen LogP contribution is 2.18. The predicted octanol–water partition coefficient (Wildman–Crippen LogP) is -2.44. The van der Waals surface area contributed by atoms with Crippen molar-refractivity contribution >= 4 is 17.1 Å². The van der Waals surface area contributed by atoms with Crippen LogP contribution in [0.1, 0.15) is 6.23 Å². The smallest absolute Gasteiger partial charge is 0.280 e. The zero-order valence-corrected chi connectivity index (χ0v) is 10.6. The van der Waals surface area contributed by atoms with Crippen LogP contribution in [0.5, 0.6) is 0 Å². The minimum atomic E-state index is -1.51. The molecule has 0 bridgehead atoms. The van der Waals surface area contributed by atoms with Crippen molar-refractivity contribution in [3.05, 3.63) is 16.7 Å². The van der Waals surface area contributed by atoms with Gasteiger partial charge in [-0.1, -0.05) is 0 Å². The molecule has 0 aliphatic rings. The van der Waals surface area contributed by atoms with Crippen LogP contribution in [0.15, 0.2) is 11.1 Å². The Balaban J connectivity index is 2.45. The third-order valence-electron chi connectivity index (χ3n) is 2.90. The monoisotopic (exact) mass is 285 g/mol. The lowest BCUT2D eigenvalue weighted by Crippen LogP contribution is -2.38. The number of methoxy groups -OCH3 is 1. The molecule has 0 aromatic carbocycles. The molecule has 2 aromatic rings. The quantitative estimate of drug-likeness (QED) is 0.405. The van der Waals surface area contributed by atoms with Crippen LogP contribution in [0, 0.1) is 0 Å². The summed E-state index contributed by atoms with van der Waals surface area (Å²) in [5, 5.41) is 29.0. The summed E-state index contributed by atoms with van der Waals surface area (Å²) in [5.41, 5.74) is 4.86. The number of nitrogens with one attached hydrogen (secondary N) is 1. The molecule has 0 radical (unpaired) electrons. The van der Waals surface area contributed by atoms with E-state index in [1.165, 1.54) is 7.11 Å². The summed E-state index contributed by atoms with van der Waals surface area (Å²) in [6.07, 6.45) is -2.80. The van der Waals surface area contributed by atoms with Gasteiger partial charge in [-0.15, -0.1) is 0 Å². The fourth-order valence-corrected chi connectivity index (χ4v) is 1.82. The molecule has 0 spiro atoms. The number of nitrogen functional groups attached to an aromatic ring is 1. The van der Waals surface area contributed by atoms with Gasteiger partial charge in [0.25, 0.3) is 5.56 Å². The molecule has 20 heavy (non-hydrogen) atoms. The number of aliphatic hydroxyl groups is 3. The number of nitrogens with zero attached hydrogens (tertiary/aromatic N) is 3. The van der Waals surface area contributed by atoms with E-state index in [2.05, 4.69) is 15.0 Å². The molecule has 0 saturated carbocycles. The van der Waals surface area contributed by atoms with Gasteiger partial charge in [-0.25, -0.2) is 4.98 Å². The van der Waals surface area contributed by atoms with Gasteiger partial charge in [0.1, 0.15) is 12.2 Å². The topological polar surface area (TPSA) is 160 Å². The molecule has 0 aliphatic heterocycles. The second-order valence-electron chi connectivity index (χ2n) is 4.14. The Morgan fingerprint density at radius 3 is 2.85 bits per heavy atom. The molecule has 0 fully saturated rings. The Kier molecular flexibility index (Phi) is 3.99. The van der Waals surface area contributed by atoms with E-state index in [1.54, 1.807) is 0 Å². The summed E-state index contributed by atoms with van der Waals surface area (Å²) in [5.74, 6) is -0.142. The van der Waals surface area contributed by atoms with Gasteiger partial charge in [-0.05, 0) is 0 Å². The number of aromatic amines is 1. The van der Waals surface area contributed by atoms with Gasteiger partial charge in [-0.2, -0.15) is 4.98 Å². The number of aliphatic hydroxyl groups excluding tert-OH is 3. The van der Waals surface area contributed by atoms with E-state index < -0.39 is 30.6 Å². The molecule has 10 heteroatoms. The van der Waals surface area contributed by atoms with Crippen molar-refractivity contribution in [2.45, 2.75) is 18.4 Å². The largest absolute Gasteiger partial charge is 0.394 e. The maximum absolute atomic E-state index is 11.6. The van der Waals surface area contributed by atoms with Crippen LogP contribution in [-0.4, -0.2) is 60.8 Å². The van der Waals surface area contributed by atoms with E-state index >= 15 is 0 Å². The number of H-pyrrole nitrogens is 1. The maximum Gasteiger partial charge on any atom is 0.280 e. The van der Waals surface area contributed by atoms with Crippen molar-refractivity contribution in [2.24, 2.45) is 0 Å². The Morgan fingerprint density at radius 1 is 1.55 bits per heavy atom. The molecule has 2 rings (SSSR count). The summed E-state index contributed by atoms with van der Waals surface area (Å²) in [6.45, 7) is -0.489. The first kappa shape index (κ1) is 14.4. The summed E-state index contributed by atoms with van der Waals surface area (Å²) in [4.78, 5) is 21.5. The van der Waals surface area contributed by atoms with Crippen LogP contribution in [0.25, 0.3) is 11.2 Å². The Labute approximate surface area is 112 Å². The maximum atomic E-state index is 11.6. The standard InChI is InChI=1S/C10H15N5O5/c1-20-4(2-16)6(17)9(19)15-3-12-5-7(15)13-10(11)14-8(5)18/h3-4,6,9,16-17,19H,2H2,1H3,(H3,11,13,14,18). The minimum Gasteiger partial charge on any atom is -0.394 e. The van der Waals surface area contributed by atoms with E-state index in [0.717, 1.165) is 10.9 Å². The van der Waals surface area contributed by atoms with Crippen molar-refractivity contribution in [3.8, 4) is 0 Å². The molecule has 0 saturated heterocycles. The number of rotatable bonds is 5.